The van der Waals surface area contributed by atoms with Crippen molar-refractivity contribution in [3.8, 4) is 0 Å². The smallest absolute Gasteiger partial charge is 0.0446 e. The van der Waals surface area contributed by atoms with Gasteiger partial charge in [-0.25, -0.2) is 0 Å². The van der Waals surface area contributed by atoms with E-state index in [1.54, 1.807) is 0 Å². The van der Waals surface area contributed by atoms with Crippen LogP contribution in [0.2, 0.25) is 0 Å². The lowest BCUT2D eigenvalue weighted by molar-refractivity contribution is 0.177. The van der Waals surface area contributed by atoms with Gasteiger partial charge in [-0.05, 0) is 34.6 Å². The third-order valence-electron chi connectivity index (χ3n) is 1.77. The highest BCUT2D eigenvalue weighted by Gasteiger charge is 2.10. The van der Waals surface area contributed by atoms with E-state index in [1.807, 2.05) is 42.0 Å². The molecule has 0 radical (unpaired) electrons. The minimum atomic E-state index is 0.274. The minimum absolute atomic E-state index is 0.274. The fraction of sp³-hybridized carbons (Fsp3) is 1.00. The zero-order valence-corrected chi connectivity index (χ0v) is 10.0. The van der Waals surface area contributed by atoms with Gasteiger partial charge in [-0.1, -0.05) is 13.8 Å². The van der Waals surface area contributed by atoms with Crippen LogP contribution in [0.25, 0.3) is 0 Å². The largest absolute Gasteiger partial charge is 0.396 e. The molecule has 1 unspecified atom stereocenters. The van der Waals surface area contributed by atoms with E-state index in [4.69, 9.17) is 5.11 Å². The highest BCUT2D eigenvalue weighted by molar-refractivity contribution is 4.67. The van der Waals surface area contributed by atoms with Crippen LogP contribution in [0.5, 0.6) is 0 Å². The van der Waals surface area contributed by atoms with Crippen LogP contribution in [-0.4, -0.2) is 62.3 Å². The lowest BCUT2D eigenvalue weighted by atomic mass is 10.2. The van der Waals surface area contributed by atoms with Crippen molar-refractivity contribution in [1.82, 2.24) is 9.80 Å². The summed E-state index contributed by atoms with van der Waals surface area (Å²) in [6.45, 7) is 5.28. The molecule has 0 aliphatic heterocycles. The lowest BCUT2D eigenvalue weighted by Gasteiger charge is -2.26. The zero-order chi connectivity index (χ0) is 10.9. The van der Waals surface area contributed by atoms with Gasteiger partial charge < -0.3 is 14.9 Å². The van der Waals surface area contributed by atoms with Crippen molar-refractivity contribution in [2.24, 2.45) is 0 Å². The molecule has 0 aliphatic carbocycles. The van der Waals surface area contributed by atoms with Crippen LogP contribution >= 0.6 is 0 Å². The topological polar surface area (TPSA) is 26.7 Å². The van der Waals surface area contributed by atoms with Gasteiger partial charge in [-0.3, -0.25) is 0 Å². The molecule has 0 heterocycles. The van der Waals surface area contributed by atoms with Gasteiger partial charge in [0.1, 0.15) is 0 Å². The Bertz CT molecular complexity index is 94.9. The molecule has 0 aromatic carbocycles. The van der Waals surface area contributed by atoms with E-state index < -0.39 is 0 Å². The highest BCUT2D eigenvalue weighted by atomic mass is 16.3. The summed E-state index contributed by atoms with van der Waals surface area (Å²) in [5.41, 5.74) is 0. The summed E-state index contributed by atoms with van der Waals surface area (Å²) in [5, 5.41) is 8.75. The molecule has 0 aliphatic rings. The SMILES string of the molecule is CC.CN(C)CC(CCO)N(C)C. The lowest BCUT2D eigenvalue weighted by Crippen LogP contribution is -2.38. The number of hydrogen-bond acceptors (Lipinski definition) is 3. The predicted octanol–water partition coefficient (Wildman–Crippen LogP) is 0.887. The Hall–Kier alpha value is -0.120. The van der Waals surface area contributed by atoms with Crippen LogP contribution < -0.4 is 0 Å². The molecular formula is C10H26N2O. The van der Waals surface area contributed by atoms with E-state index in [1.165, 1.54) is 0 Å². The Balaban J connectivity index is 0. The van der Waals surface area contributed by atoms with E-state index >= 15 is 0 Å². The number of likely N-dealkylation sites (N-methyl/N-ethyl adjacent to an activating group) is 2. The third-order valence-corrected chi connectivity index (χ3v) is 1.77. The van der Waals surface area contributed by atoms with Gasteiger partial charge >= 0.3 is 0 Å². The van der Waals surface area contributed by atoms with Crippen molar-refractivity contribution >= 4 is 0 Å². The molecule has 0 saturated carbocycles. The third kappa shape index (κ3) is 9.80. The summed E-state index contributed by atoms with van der Waals surface area (Å²) in [5.74, 6) is 0. The Morgan fingerprint density at radius 1 is 1.08 bits per heavy atom. The van der Waals surface area contributed by atoms with E-state index in [0.717, 1.165) is 13.0 Å². The van der Waals surface area contributed by atoms with Crippen LogP contribution in [0.1, 0.15) is 20.3 Å². The van der Waals surface area contributed by atoms with Crippen LogP contribution in [-0.2, 0) is 0 Å². The molecule has 1 atom stereocenters. The second-order valence-electron chi connectivity index (χ2n) is 3.39. The summed E-state index contributed by atoms with van der Waals surface area (Å²) in [6.07, 6.45) is 0.852. The summed E-state index contributed by atoms with van der Waals surface area (Å²) < 4.78 is 0. The second-order valence-corrected chi connectivity index (χ2v) is 3.39. The molecule has 0 fully saturated rings. The molecule has 13 heavy (non-hydrogen) atoms. The Morgan fingerprint density at radius 2 is 1.54 bits per heavy atom. The number of rotatable bonds is 5. The molecule has 1 N–H and O–H groups in total. The van der Waals surface area contributed by atoms with Crippen LogP contribution in [0.3, 0.4) is 0 Å². The number of nitrogens with zero attached hydrogens (tertiary/aromatic N) is 2. The standard InChI is InChI=1S/C8H20N2O.C2H6/c1-9(2)7-8(5-6-11)10(3)4;1-2/h8,11H,5-7H2,1-4H3;1-2H3. The fourth-order valence-corrected chi connectivity index (χ4v) is 1.08. The summed E-state index contributed by atoms with van der Waals surface area (Å²) >= 11 is 0. The highest BCUT2D eigenvalue weighted by Crippen LogP contribution is 1.99. The maximum Gasteiger partial charge on any atom is 0.0446 e. The fourth-order valence-electron chi connectivity index (χ4n) is 1.08. The molecule has 82 valence electrons. The molecular weight excluding hydrogens is 164 g/mol. The van der Waals surface area contributed by atoms with Crippen LogP contribution in [0.4, 0.5) is 0 Å². The average Bonchev–Trinajstić information content (AvgIpc) is 2.06. The monoisotopic (exact) mass is 190 g/mol. The molecule has 3 nitrogen and oxygen atoms in total. The normalized spacial score (nSPS) is 12.7. The predicted molar refractivity (Wildman–Crippen MR) is 59.1 cm³/mol. The number of hydrogen-bond donors (Lipinski definition) is 1. The van der Waals surface area contributed by atoms with Crippen molar-refractivity contribution in [1.29, 1.82) is 0 Å². The van der Waals surface area contributed by atoms with E-state index in [9.17, 15) is 0 Å². The van der Waals surface area contributed by atoms with Crippen LogP contribution in [0.15, 0.2) is 0 Å². The van der Waals surface area contributed by atoms with Gasteiger partial charge in [0.2, 0.25) is 0 Å². The number of aliphatic hydroxyl groups excluding tert-OH is 1. The number of aliphatic hydroxyl groups is 1. The van der Waals surface area contributed by atoms with Crippen molar-refractivity contribution in [2.75, 3.05) is 41.3 Å². The molecule has 0 amide bonds. The molecule has 0 bridgehead atoms. The first-order chi connectivity index (χ1) is 6.07. The van der Waals surface area contributed by atoms with Crippen molar-refractivity contribution in [2.45, 2.75) is 26.3 Å². The molecule has 3 heteroatoms. The molecule has 0 spiro atoms. The maximum absolute atomic E-state index is 8.75. The molecule has 0 aromatic heterocycles. The Labute approximate surface area is 83.3 Å². The zero-order valence-electron chi connectivity index (χ0n) is 10.0. The van der Waals surface area contributed by atoms with E-state index in [-0.39, 0.29) is 6.61 Å². The van der Waals surface area contributed by atoms with Crippen molar-refractivity contribution < 1.29 is 5.11 Å². The first-order valence-electron chi connectivity index (χ1n) is 5.00. The minimum Gasteiger partial charge on any atom is -0.396 e. The molecule has 0 rings (SSSR count). The van der Waals surface area contributed by atoms with E-state index in [2.05, 4.69) is 9.80 Å². The Morgan fingerprint density at radius 3 is 1.77 bits per heavy atom. The van der Waals surface area contributed by atoms with Gasteiger partial charge in [0.25, 0.3) is 0 Å². The second kappa shape index (κ2) is 9.96. The average molecular weight is 190 g/mol. The van der Waals surface area contributed by atoms with Gasteiger partial charge in [-0.2, -0.15) is 0 Å². The molecule has 0 saturated heterocycles. The maximum atomic E-state index is 8.75. The first kappa shape index (κ1) is 15.4. The first-order valence-corrected chi connectivity index (χ1v) is 5.00. The quantitative estimate of drug-likeness (QED) is 0.697. The summed E-state index contributed by atoms with van der Waals surface area (Å²) in [4.78, 5) is 4.29. The van der Waals surface area contributed by atoms with Gasteiger partial charge in [-0.15, -0.1) is 0 Å². The molecule has 0 aromatic rings. The van der Waals surface area contributed by atoms with Crippen LogP contribution in [0, 0.1) is 0 Å². The van der Waals surface area contributed by atoms with Gasteiger partial charge in [0.05, 0.1) is 0 Å². The summed E-state index contributed by atoms with van der Waals surface area (Å²) in [6, 6.07) is 0.468. The Kier molecular flexibility index (Phi) is 11.8. The van der Waals surface area contributed by atoms with Crippen molar-refractivity contribution in [3.05, 3.63) is 0 Å². The van der Waals surface area contributed by atoms with Gasteiger partial charge in [0, 0.05) is 19.2 Å². The van der Waals surface area contributed by atoms with Gasteiger partial charge in [0.15, 0.2) is 0 Å². The summed E-state index contributed by atoms with van der Waals surface area (Å²) in [7, 11) is 8.19. The van der Waals surface area contributed by atoms with E-state index in [0.29, 0.717) is 6.04 Å². The van der Waals surface area contributed by atoms with Crippen molar-refractivity contribution in [3.63, 3.8) is 0 Å².